The van der Waals surface area contributed by atoms with Crippen molar-refractivity contribution in [3.8, 4) is 11.1 Å². The number of aromatic amines is 1. The van der Waals surface area contributed by atoms with Crippen LogP contribution in [0.3, 0.4) is 0 Å². The van der Waals surface area contributed by atoms with E-state index in [1.165, 1.54) is 0 Å². The molecule has 5 N–H and O–H groups in total. The summed E-state index contributed by atoms with van der Waals surface area (Å²) in [6.45, 7) is 2.85. The van der Waals surface area contributed by atoms with E-state index in [9.17, 15) is 19.5 Å². The van der Waals surface area contributed by atoms with Gasteiger partial charge in [-0.3, -0.25) is 19.4 Å². The van der Waals surface area contributed by atoms with Crippen LogP contribution < -0.4 is 16.5 Å². The zero-order valence-corrected chi connectivity index (χ0v) is 31.6. The topological polar surface area (TPSA) is 158 Å². The van der Waals surface area contributed by atoms with E-state index in [0.717, 1.165) is 83.3 Å². The van der Waals surface area contributed by atoms with Crippen molar-refractivity contribution in [2.45, 2.75) is 89.1 Å². The molecule has 294 valence electrons. The minimum absolute atomic E-state index is 0.0177. The number of benzene rings is 4. The molecule has 3 heterocycles. The van der Waals surface area contributed by atoms with Gasteiger partial charge in [-0.15, -0.1) is 0 Å². The zero-order chi connectivity index (χ0) is 38.9. The lowest BCUT2D eigenvalue weighted by molar-refractivity contribution is -0.253. The maximum Gasteiger partial charge on any atom is 0.326 e. The van der Waals surface area contributed by atoms with E-state index in [4.69, 9.17) is 14.7 Å². The van der Waals surface area contributed by atoms with Crippen molar-refractivity contribution in [3.63, 3.8) is 0 Å². The summed E-state index contributed by atoms with van der Waals surface area (Å²) in [7, 11) is 0. The normalized spacial score (nSPS) is 19.2. The highest BCUT2D eigenvalue weighted by Crippen LogP contribution is 2.39. The smallest absolute Gasteiger partial charge is 0.326 e. The van der Waals surface area contributed by atoms with Gasteiger partial charge in [0, 0.05) is 57.0 Å². The summed E-state index contributed by atoms with van der Waals surface area (Å²) in [5, 5.41) is 21.3. The van der Waals surface area contributed by atoms with Crippen LogP contribution in [0.15, 0.2) is 102 Å². The number of aromatic nitrogens is 2. The van der Waals surface area contributed by atoms with E-state index in [2.05, 4.69) is 39.5 Å². The number of unbranched alkanes of at least 4 members (excludes halogenated alkanes) is 2. The van der Waals surface area contributed by atoms with Crippen LogP contribution in [-0.4, -0.2) is 62.3 Å². The highest BCUT2D eigenvalue weighted by atomic mass is 16.7. The number of aliphatic hydroxyl groups is 1. The first-order valence-corrected chi connectivity index (χ1v) is 19.7. The van der Waals surface area contributed by atoms with Gasteiger partial charge in [-0.1, -0.05) is 79.2 Å². The predicted molar refractivity (Wildman–Crippen MR) is 212 cm³/mol. The third-order valence-corrected chi connectivity index (χ3v) is 11.0. The average molecular weight is 762 g/mol. The van der Waals surface area contributed by atoms with Gasteiger partial charge in [0.1, 0.15) is 0 Å². The molecule has 5 aromatic rings. The van der Waals surface area contributed by atoms with Gasteiger partial charge in [-0.2, -0.15) is 0 Å². The molecule has 0 bridgehead atoms. The van der Waals surface area contributed by atoms with Crippen molar-refractivity contribution in [1.82, 2.24) is 25.2 Å². The number of carbonyl (C=O) groups excluding carboxylic acids is 2. The molecular formula is C44H51N5O7. The predicted octanol–water partition coefficient (Wildman–Crippen LogP) is 6.44. The van der Waals surface area contributed by atoms with Crippen LogP contribution in [0, 0.1) is 0 Å². The average Bonchev–Trinajstić information content (AvgIpc) is 3.58. The van der Waals surface area contributed by atoms with Gasteiger partial charge >= 0.3 is 5.69 Å². The second-order valence-electron chi connectivity index (χ2n) is 14.9. The van der Waals surface area contributed by atoms with E-state index < -0.39 is 12.2 Å². The maximum atomic E-state index is 12.9. The first kappa shape index (κ1) is 39.1. The first-order valence-electron chi connectivity index (χ1n) is 19.7. The number of fused-ring (bicyclic) bond motifs is 1. The van der Waals surface area contributed by atoms with Crippen molar-refractivity contribution < 1.29 is 29.4 Å². The van der Waals surface area contributed by atoms with Gasteiger partial charge in [0.25, 0.3) is 0 Å². The van der Waals surface area contributed by atoms with Crippen molar-refractivity contribution >= 4 is 22.8 Å². The fourth-order valence-electron chi connectivity index (χ4n) is 7.94. The number of piperidine rings is 1. The van der Waals surface area contributed by atoms with Gasteiger partial charge in [-0.05, 0) is 77.8 Å². The highest BCUT2D eigenvalue weighted by molar-refractivity contribution is 5.76. The van der Waals surface area contributed by atoms with Gasteiger partial charge in [0.2, 0.25) is 11.8 Å². The van der Waals surface area contributed by atoms with Crippen LogP contribution in [0.2, 0.25) is 0 Å². The number of H-pyrrole nitrogens is 1. The molecule has 2 fully saturated rings. The number of para-hydroxylation sites is 2. The molecule has 2 amide bonds. The van der Waals surface area contributed by atoms with E-state index in [0.29, 0.717) is 32.2 Å². The summed E-state index contributed by atoms with van der Waals surface area (Å²) in [4.78, 5) is 42.0. The summed E-state index contributed by atoms with van der Waals surface area (Å²) < 4.78 is 15.4. The van der Waals surface area contributed by atoms with Gasteiger partial charge in [0.05, 0.1) is 29.8 Å². The van der Waals surface area contributed by atoms with E-state index in [-0.39, 0.29) is 42.9 Å². The number of nitrogens with one attached hydrogen (secondary N) is 3. The number of aliphatic hydroxyl groups excluding tert-OH is 1. The number of rotatable bonds is 15. The van der Waals surface area contributed by atoms with Crippen molar-refractivity contribution in [3.05, 3.63) is 130 Å². The third kappa shape index (κ3) is 9.81. The standard InChI is InChI=1S/C44H51N5O7/c50-29-30-16-18-32(19-17-30)40-26-37(28-48-22-20-36(21-23-48)49-39-13-5-4-12-38(39)46-44(49)53)55-43(56-40)35-11-7-10-34(25-35)33-9-6-8-31(24-33)27-45-41(51)14-2-1-3-15-42(52)47-54/h4-13,16-19,24-25,36-37,40,43,50,54H,1-3,14-15,20-23,26-29H2,(H,45,51)(H,46,53)(H,47,52). The number of hydrogen-bond donors (Lipinski definition) is 5. The highest BCUT2D eigenvalue weighted by Gasteiger charge is 2.34. The number of hydrogen-bond acceptors (Lipinski definition) is 8. The summed E-state index contributed by atoms with van der Waals surface area (Å²) in [6, 6.07) is 32.3. The van der Waals surface area contributed by atoms with Gasteiger partial charge < -0.3 is 29.8 Å². The Balaban J connectivity index is 1.01. The molecule has 12 heteroatoms. The molecule has 56 heavy (non-hydrogen) atoms. The minimum Gasteiger partial charge on any atom is -0.392 e. The molecule has 2 aliphatic rings. The summed E-state index contributed by atoms with van der Waals surface area (Å²) in [6.07, 6.45) is 4.17. The molecule has 0 spiro atoms. The molecule has 7 rings (SSSR count). The van der Waals surface area contributed by atoms with Crippen molar-refractivity contribution in [2.75, 3.05) is 19.6 Å². The SMILES string of the molecule is O=C(CCCCCC(=O)NCc1cccc(-c2cccc(C3OC(CN4CCC(n5c(=O)[nH]c6ccccc65)CC4)CC(c4ccc(CO)cc4)O3)c2)c1)NO. The van der Waals surface area contributed by atoms with Crippen molar-refractivity contribution in [2.24, 2.45) is 0 Å². The maximum absolute atomic E-state index is 12.9. The largest absolute Gasteiger partial charge is 0.392 e. The van der Waals surface area contributed by atoms with Crippen LogP contribution >= 0.6 is 0 Å². The Morgan fingerprint density at radius 2 is 1.52 bits per heavy atom. The molecule has 2 saturated heterocycles. The molecule has 0 aliphatic carbocycles. The molecule has 3 atom stereocenters. The number of amides is 2. The second kappa shape index (κ2) is 18.7. The quantitative estimate of drug-likeness (QED) is 0.0463. The van der Waals surface area contributed by atoms with Crippen LogP contribution in [-0.2, 0) is 32.2 Å². The van der Waals surface area contributed by atoms with Crippen LogP contribution in [0.25, 0.3) is 22.2 Å². The van der Waals surface area contributed by atoms with Gasteiger partial charge in [0.15, 0.2) is 6.29 Å². The Labute approximate surface area is 326 Å². The molecular weight excluding hydrogens is 711 g/mol. The Hall–Kier alpha value is -5.11. The minimum atomic E-state index is -0.598. The molecule has 4 aromatic carbocycles. The summed E-state index contributed by atoms with van der Waals surface area (Å²) >= 11 is 0. The number of imidazole rings is 1. The fourth-order valence-corrected chi connectivity index (χ4v) is 7.94. The first-order chi connectivity index (χ1) is 27.4. The zero-order valence-electron chi connectivity index (χ0n) is 31.6. The second-order valence-corrected chi connectivity index (χ2v) is 14.9. The Bertz CT molecular complexity index is 2140. The molecule has 1 aromatic heterocycles. The lowest BCUT2D eigenvalue weighted by Crippen LogP contribution is -2.43. The monoisotopic (exact) mass is 761 g/mol. The van der Waals surface area contributed by atoms with E-state index in [1.54, 1.807) is 5.48 Å². The number of likely N-dealkylation sites (tertiary alicyclic amines) is 1. The lowest BCUT2D eigenvalue weighted by Gasteiger charge is -2.40. The lowest BCUT2D eigenvalue weighted by atomic mass is 9.97. The van der Waals surface area contributed by atoms with Crippen LogP contribution in [0.5, 0.6) is 0 Å². The fraction of sp³-hybridized carbons (Fsp3) is 0.386. The molecule has 12 nitrogen and oxygen atoms in total. The van der Waals surface area contributed by atoms with Crippen LogP contribution in [0.1, 0.15) is 92.1 Å². The molecule has 0 saturated carbocycles. The van der Waals surface area contributed by atoms with Crippen LogP contribution in [0.4, 0.5) is 0 Å². The Morgan fingerprint density at radius 1 is 0.786 bits per heavy atom. The number of hydroxylamine groups is 1. The molecule has 2 aliphatic heterocycles. The molecule has 3 unspecified atom stereocenters. The van der Waals surface area contributed by atoms with Gasteiger partial charge in [-0.25, -0.2) is 10.3 Å². The molecule has 0 radical (unpaired) electrons. The Kier molecular flexibility index (Phi) is 13.1. The third-order valence-electron chi connectivity index (χ3n) is 11.0. The number of carbonyl (C=O) groups is 2. The Morgan fingerprint density at radius 3 is 2.29 bits per heavy atom. The number of ether oxygens (including phenoxy) is 2. The number of nitrogens with zero attached hydrogens (tertiary/aromatic N) is 2. The summed E-state index contributed by atoms with van der Waals surface area (Å²) in [5.74, 6) is -0.456. The van der Waals surface area contributed by atoms with E-state index >= 15 is 0 Å². The van der Waals surface area contributed by atoms with Crippen molar-refractivity contribution in [1.29, 1.82) is 0 Å². The van der Waals surface area contributed by atoms with E-state index in [1.807, 2.05) is 77.4 Å². The summed E-state index contributed by atoms with van der Waals surface area (Å²) in [5.41, 5.74) is 9.21.